The van der Waals surface area contributed by atoms with Gasteiger partial charge in [-0.05, 0) is 24.3 Å². The van der Waals surface area contributed by atoms with Crippen molar-refractivity contribution in [3.63, 3.8) is 0 Å². The number of carbonyl (C=O) groups is 2. The third-order valence-electron chi connectivity index (χ3n) is 2.95. The van der Waals surface area contributed by atoms with Crippen LogP contribution < -0.4 is 15.4 Å². The van der Waals surface area contributed by atoms with Crippen LogP contribution in [0.15, 0.2) is 36.5 Å². The number of amides is 2. The van der Waals surface area contributed by atoms with Gasteiger partial charge in [0.15, 0.2) is 0 Å². The highest BCUT2D eigenvalue weighted by atomic mass is 35.5. The van der Waals surface area contributed by atoms with Crippen molar-refractivity contribution in [1.82, 2.24) is 10.3 Å². The van der Waals surface area contributed by atoms with Gasteiger partial charge in [0, 0.05) is 29.6 Å². The van der Waals surface area contributed by atoms with Crippen LogP contribution in [-0.4, -0.2) is 35.6 Å². The molecule has 0 fully saturated rings. The van der Waals surface area contributed by atoms with Crippen molar-refractivity contribution in [2.75, 3.05) is 19.0 Å². The number of halogens is 2. The molecule has 26 heavy (non-hydrogen) atoms. The van der Waals surface area contributed by atoms with Crippen molar-refractivity contribution in [3.8, 4) is 5.75 Å². The molecule has 1 aromatic heterocycles. The summed E-state index contributed by atoms with van der Waals surface area (Å²) in [7, 11) is 1.00. The first-order chi connectivity index (χ1) is 12.5. The van der Waals surface area contributed by atoms with Gasteiger partial charge in [-0.1, -0.05) is 29.3 Å². The van der Waals surface area contributed by atoms with Gasteiger partial charge in [0.2, 0.25) is 11.8 Å². The Bertz CT molecular complexity index is 719. The number of aromatic nitrogens is 1. The third kappa shape index (κ3) is 7.26. The van der Waals surface area contributed by atoms with Crippen LogP contribution in [0.5, 0.6) is 5.75 Å². The van der Waals surface area contributed by atoms with Gasteiger partial charge < -0.3 is 20.5 Å². The van der Waals surface area contributed by atoms with E-state index in [-0.39, 0.29) is 25.0 Å². The molecule has 0 aliphatic heterocycles. The van der Waals surface area contributed by atoms with E-state index in [9.17, 15) is 9.59 Å². The molecule has 0 radical (unpaired) electrons. The molecule has 9 heteroatoms. The van der Waals surface area contributed by atoms with E-state index in [2.05, 4.69) is 15.6 Å². The summed E-state index contributed by atoms with van der Waals surface area (Å²) >= 11 is 12.1. The number of nitrogens with zero attached hydrogens (tertiary/aromatic N) is 1. The summed E-state index contributed by atoms with van der Waals surface area (Å²) in [5.74, 6) is 0.216. The van der Waals surface area contributed by atoms with Gasteiger partial charge >= 0.3 is 0 Å². The zero-order valence-corrected chi connectivity index (χ0v) is 15.8. The van der Waals surface area contributed by atoms with Crippen molar-refractivity contribution in [3.05, 3.63) is 52.1 Å². The number of anilines is 1. The van der Waals surface area contributed by atoms with Crippen LogP contribution in [0.4, 0.5) is 5.82 Å². The quantitative estimate of drug-likeness (QED) is 0.692. The first kappa shape index (κ1) is 21.7. The number of aliphatic hydroxyl groups is 1. The van der Waals surface area contributed by atoms with Gasteiger partial charge in [0.25, 0.3) is 0 Å². The molecule has 2 rings (SSSR count). The molecule has 0 atom stereocenters. The zero-order chi connectivity index (χ0) is 19.5. The number of hydrogen-bond acceptors (Lipinski definition) is 5. The monoisotopic (exact) mass is 399 g/mol. The molecule has 1 aromatic carbocycles. The molecule has 0 saturated carbocycles. The minimum Gasteiger partial charge on any atom is -0.487 e. The second-order valence-corrected chi connectivity index (χ2v) is 5.64. The standard InChI is InChI=1S/C16H15Cl2N3O3.CH4O/c1-10(22)19-8-16(23)21-15-6-5-11(7-20-15)24-9-12-13(17)3-2-4-14(12)18;1-2/h2-7H,8-9H2,1H3,(H,19,22)(H,20,21,23);2H,1H3. The average molecular weight is 400 g/mol. The molecule has 2 aromatic rings. The van der Waals surface area contributed by atoms with E-state index in [1.165, 1.54) is 13.1 Å². The summed E-state index contributed by atoms with van der Waals surface area (Å²) in [5.41, 5.74) is 0.688. The van der Waals surface area contributed by atoms with Crippen molar-refractivity contribution in [2.24, 2.45) is 0 Å². The van der Waals surface area contributed by atoms with E-state index in [1.807, 2.05) is 0 Å². The number of benzene rings is 1. The van der Waals surface area contributed by atoms with Gasteiger partial charge in [0.1, 0.15) is 18.2 Å². The highest BCUT2D eigenvalue weighted by molar-refractivity contribution is 6.35. The molecule has 1 heterocycles. The molecule has 0 unspecified atom stereocenters. The number of ether oxygens (including phenoxy) is 1. The Morgan fingerprint density at radius 3 is 2.35 bits per heavy atom. The summed E-state index contributed by atoms with van der Waals surface area (Å²) in [4.78, 5) is 26.4. The number of rotatable bonds is 6. The molecule has 0 saturated heterocycles. The lowest BCUT2D eigenvalue weighted by atomic mass is 10.2. The first-order valence-corrected chi connectivity index (χ1v) is 8.22. The molecule has 0 spiro atoms. The topological polar surface area (TPSA) is 101 Å². The van der Waals surface area contributed by atoms with Gasteiger partial charge in [-0.3, -0.25) is 9.59 Å². The summed E-state index contributed by atoms with van der Waals surface area (Å²) in [6.45, 7) is 1.43. The van der Waals surface area contributed by atoms with Gasteiger partial charge in [-0.2, -0.15) is 0 Å². The maximum Gasteiger partial charge on any atom is 0.244 e. The molecule has 140 valence electrons. The SMILES string of the molecule is CC(=O)NCC(=O)Nc1ccc(OCc2c(Cl)cccc2Cl)cn1.CO. The van der Waals surface area contributed by atoms with Crippen LogP contribution >= 0.6 is 23.2 Å². The number of aliphatic hydroxyl groups excluding tert-OH is 1. The van der Waals surface area contributed by atoms with E-state index < -0.39 is 0 Å². The number of hydrogen-bond donors (Lipinski definition) is 3. The van der Waals surface area contributed by atoms with Gasteiger partial charge in [-0.15, -0.1) is 0 Å². The fourth-order valence-corrected chi connectivity index (χ4v) is 2.26. The van der Waals surface area contributed by atoms with Crippen LogP contribution in [-0.2, 0) is 16.2 Å². The van der Waals surface area contributed by atoms with Crippen molar-refractivity contribution < 1.29 is 19.4 Å². The molecular formula is C17H19Cl2N3O4. The maximum absolute atomic E-state index is 11.6. The molecule has 7 nitrogen and oxygen atoms in total. The molecule has 3 N–H and O–H groups in total. The van der Waals surface area contributed by atoms with Crippen LogP contribution in [0, 0.1) is 0 Å². The molecular weight excluding hydrogens is 381 g/mol. The van der Waals surface area contributed by atoms with Crippen LogP contribution in [0.2, 0.25) is 10.0 Å². The fraction of sp³-hybridized carbons (Fsp3) is 0.235. The Hall–Kier alpha value is -2.35. The summed E-state index contributed by atoms with van der Waals surface area (Å²) in [6.07, 6.45) is 1.47. The zero-order valence-electron chi connectivity index (χ0n) is 14.3. The van der Waals surface area contributed by atoms with E-state index >= 15 is 0 Å². The summed E-state index contributed by atoms with van der Waals surface area (Å²) < 4.78 is 5.59. The van der Waals surface area contributed by atoms with Crippen molar-refractivity contribution in [2.45, 2.75) is 13.5 Å². The number of pyridine rings is 1. The van der Waals surface area contributed by atoms with Gasteiger partial charge in [-0.25, -0.2) is 4.98 Å². The first-order valence-electron chi connectivity index (χ1n) is 7.46. The smallest absolute Gasteiger partial charge is 0.244 e. The Kier molecular flexibility index (Phi) is 9.43. The Morgan fingerprint density at radius 1 is 1.15 bits per heavy atom. The van der Waals surface area contributed by atoms with Crippen LogP contribution in [0.3, 0.4) is 0 Å². The predicted octanol–water partition coefficient (Wildman–Crippen LogP) is 2.65. The Morgan fingerprint density at radius 2 is 1.81 bits per heavy atom. The fourth-order valence-electron chi connectivity index (χ4n) is 1.76. The van der Waals surface area contributed by atoms with Gasteiger partial charge in [0.05, 0.1) is 12.7 Å². The van der Waals surface area contributed by atoms with E-state index in [0.29, 0.717) is 27.2 Å². The second-order valence-electron chi connectivity index (χ2n) is 4.83. The van der Waals surface area contributed by atoms with E-state index in [0.717, 1.165) is 7.11 Å². The lowest BCUT2D eigenvalue weighted by Crippen LogP contribution is -2.31. The largest absolute Gasteiger partial charge is 0.487 e. The molecule has 2 amide bonds. The average Bonchev–Trinajstić information content (AvgIpc) is 2.62. The van der Waals surface area contributed by atoms with Crippen molar-refractivity contribution >= 4 is 40.8 Å². The minimum absolute atomic E-state index is 0.111. The van der Waals surface area contributed by atoms with Crippen LogP contribution in [0.25, 0.3) is 0 Å². The third-order valence-corrected chi connectivity index (χ3v) is 3.65. The second kappa shape index (κ2) is 11.3. The maximum atomic E-state index is 11.6. The summed E-state index contributed by atoms with van der Waals surface area (Å²) in [6, 6.07) is 8.48. The lowest BCUT2D eigenvalue weighted by molar-refractivity contribution is -0.122. The molecule has 0 aliphatic rings. The lowest BCUT2D eigenvalue weighted by Gasteiger charge is -2.10. The van der Waals surface area contributed by atoms with E-state index in [4.69, 9.17) is 33.0 Å². The molecule has 0 bridgehead atoms. The van der Waals surface area contributed by atoms with Crippen LogP contribution in [0.1, 0.15) is 12.5 Å². The highest BCUT2D eigenvalue weighted by Crippen LogP contribution is 2.25. The number of carbonyl (C=O) groups excluding carboxylic acids is 2. The normalized spacial score (nSPS) is 9.58. The summed E-state index contributed by atoms with van der Waals surface area (Å²) in [5, 5.41) is 13.0. The Labute approximate surface area is 161 Å². The number of nitrogens with one attached hydrogen (secondary N) is 2. The minimum atomic E-state index is -0.366. The van der Waals surface area contributed by atoms with Crippen molar-refractivity contribution in [1.29, 1.82) is 0 Å². The van der Waals surface area contributed by atoms with E-state index in [1.54, 1.807) is 30.3 Å². The highest BCUT2D eigenvalue weighted by Gasteiger charge is 2.07. The molecule has 0 aliphatic carbocycles. The Balaban J connectivity index is 0.00000163. The predicted molar refractivity (Wildman–Crippen MR) is 100 cm³/mol.